The summed E-state index contributed by atoms with van der Waals surface area (Å²) >= 11 is 1.71. The molecular formula is C23H29N7S. The molecule has 0 bridgehead atoms. The SMILES string of the molecule is CCN(C)c1nc2sc3c(NCCc4cnc[nH]4)ncnc3c2c2c1CCC(C)(C)C2. The molecule has 1 aliphatic carbocycles. The van der Waals surface area contributed by atoms with Crippen LogP contribution in [0, 0.1) is 5.41 Å². The average molecular weight is 436 g/mol. The minimum absolute atomic E-state index is 0.287. The van der Waals surface area contributed by atoms with Crippen molar-refractivity contribution in [3.05, 3.63) is 35.7 Å². The molecule has 31 heavy (non-hydrogen) atoms. The largest absolute Gasteiger partial charge is 0.368 e. The van der Waals surface area contributed by atoms with E-state index in [1.165, 1.54) is 22.9 Å². The van der Waals surface area contributed by atoms with Gasteiger partial charge in [0.2, 0.25) is 0 Å². The van der Waals surface area contributed by atoms with E-state index in [2.05, 4.69) is 53.0 Å². The molecule has 2 N–H and O–H groups in total. The first-order valence-electron chi connectivity index (χ1n) is 11.0. The van der Waals surface area contributed by atoms with E-state index in [4.69, 9.17) is 9.97 Å². The summed E-state index contributed by atoms with van der Waals surface area (Å²) in [5, 5.41) is 4.74. The van der Waals surface area contributed by atoms with Crippen molar-refractivity contribution in [3.63, 3.8) is 0 Å². The summed E-state index contributed by atoms with van der Waals surface area (Å²) in [7, 11) is 2.14. The van der Waals surface area contributed by atoms with Gasteiger partial charge in [0.25, 0.3) is 0 Å². The van der Waals surface area contributed by atoms with Crippen LogP contribution < -0.4 is 10.2 Å². The van der Waals surface area contributed by atoms with Crippen LogP contribution in [0.15, 0.2) is 18.9 Å². The van der Waals surface area contributed by atoms with Crippen molar-refractivity contribution in [2.75, 3.05) is 30.4 Å². The lowest BCUT2D eigenvalue weighted by molar-refractivity contribution is 0.317. The Morgan fingerprint density at radius 2 is 2.13 bits per heavy atom. The Morgan fingerprint density at radius 1 is 1.26 bits per heavy atom. The van der Waals surface area contributed by atoms with Crippen molar-refractivity contribution in [3.8, 4) is 0 Å². The average Bonchev–Trinajstić information content (AvgIpc) is 3.40. The summed E-state index contributed by atoms with van der Waals surface area (Å²) in [6.07, 6.45) is 9.44. The number of rotatable bonds is 6. The predicted molar refractivity (Wildman–Crippen MR) is 128 cm³/mol. The van der Waals surface area contributed by atoms with Crippen LogP contribution in [0.4, 0.5) is 11.6 Å². The lowest BCUT2D eigenvalue weighted by Crippen LogP contribution is -2.26. The molecule has 4 aromatic rings. The van der Waals surface area contributed by atoms with Gasteiger partial charge < -0.3 is 15.2 Å². The highest BCUT2D eigenvalue weighted by atomic mass is 32.1. The summed E-state index contributed by atoms with van der Waals surface area (Å²) in [6, 6.07) is 0. The summed E-state index contributed by atoms with van der Waals surface area (Å²) in [5.41, 5.74) is 5.27. The maximum atomic E-state index is 5.14. The second-order valence-electron chi connectivity index (χ2n) is 9.18. The van der Waals surface area contributed by atoms with Gasteiger partial charge in [0.1, 0.15) is 22.8 Å². The molecule has 7 nitrogen and oxygen atoms in total. The van der Waals surface area contributed by atoms with Crippen LogP contribution in [0.5, 0.6) is 0 Å². The molecular weight excluding hydrogens is 406 g/mol. The van der Waals surface area contributed by atoms with Crippen molar-refractivity contribution in [1.29, 1.82) is 0 Å². The van der Waals surface area contributed by atoms with Crippen LogP contribution >= 0.6 is 11.3 Å². The molecule has 0 aromatic carbocycles. The van der Waals surface area contributed by atoms with Crippen LogP contribution in [0.25, 0.3) is 20.4 Å². The summed E-state index contributed by atoms with van der Waals surface area (Å²) in [5.74, 6) is 2.02. The second kappa shape index (κ2) is 7.75. The van der Waals surface area contributed by atoms with Crippen molar-refractivity contribution >= 4 is 43.4 Å². The van der Waals surface area contributed by atoms with Gasteiger partial charge in [-0.05, 0) is 42.7 Å². The number of hydrogen-bond donors (Lipinski definition) is 2. The minimum Gasteiger partial charge on any atom is -0.368 e. The van der Waals surface area contributed by atoms with Gasteiger partial charge in [-0.15, -0.1) is 11.3 Å². The Bertz CT molecular complexity index is 1230. The highest BCUT2D eigenvalue weighted by Crippen LogP contribution is 2.45. The molecule has 0 saturated heterocycles. The zero-order chi connectivity index (χ0) is 21.6. The molecule has 162 valence electrons. The smallest absolute Gasteiger partial charge is 0.147 e. The second-order valence-corrected chi connectivity index (χ2v) is 10.2. The van der Waals surface area contributed by atoms with Crippen LogP contribution in [0.1, 0.15) is 44.0 Å². The molecule has 0 spiro atoms. The molecule has 8 heteroatoms. The van der Waals surface area contributed by atoms with E-state index in [0.717, 1.165) is 64.7 Å². The van der Waals surface area contributed by atoms with Gasteiger partial charge in [0.05, 0.1) is 16.5 Å². The first-order chi connectivity index (χ1) is 15.0. The first-order valence-corrected chi connectivity index (χ1v) is 11.8. The number of thiophene rings is 1. The lowest BCUT2D eigenvalue weighted by atomic mass is 9.73. The molecule has 0 aliphatic heterocycles. The highest BCUT2D eigenvalue weighted by molar-refractivity contribution is 7.26. The Morgan fingerprint density at radius 3 is 2.90 bits per heavy atom. The number of anilines is 2. The van der Waals surface area contributed by atoms with Crippen molar-refractivity contribution < 1.29 is 0 Å². The summed E-state index contributed by atoms with van der Waals surface area (Å²) in [6.45, 7) is 8.66. The van der Waals surface area contributed by atoms with Gasteiger partial charge in [-0.3, -0.25) is 0 Å². The maximum Gasteiger partial charge on any atom is 0.147 e. The fourth-order valence-corrected chi connectivity index (χ4v) is 5.63. The van der Waals surface area contributed by atoms with Gasteiger partial charge in [-0.1, -0.05) is 13.8 Å². The third kappa shape index (κ3) is 3.63. The zero-order valence-corrected chi connectivity index (χ0v) is 19.4. The lowest BCUT2D eigenvalue weighted by Gasteiger charge is -2.34. The number of nitrogens with one attached hydrogen (secondary N) is 2. The van der Waals surface area contributed by atoms with Crippen LogP contribution in [-0.4, -0.2) is 45.1 Å². The van der Waals surface area contributed by atoms with E-state index in [9.17, 15) is 0 Å². The quantitative estimate of drug-likeness (QED) is 0.461. The molecule has 4 aromatic heterocycles. The van der Waals surface area contributed by atoms with E-state index in [1.807, 2.05) is 6.20 Å². The number of hydrogen-bond acceptors (Lipinski definition) is 7. The number of H-pyrrole nitrogens is 1. The Hall–Kier alpha value is -2.74. The third-order valence-electron chi connectivity index (χ3n) is 6.38. The monoisotopic (exact) mass is 435 g/mol. The van der Waals surface area contributed by atoms with E-state index >= 15 is 0 Å². The molecule has 0 unspecified atom stereocenters. The fraction of sp³-hybridized carbons (Fsp3) is 0.478. The first kappa shape index (κ1) is 20.2. The Balaban J connectivity index is 1.62. The van der Waals surface area contributed by atoms with E-state index in [0.29, 0.717) is 0 Å². The summed E-state index contributed by atoms with van der Waals surface area (Å²) < 4.78 is 1.09. The van der Waals surface area contributed by atoms with Gasteiger partial charge in [-0.2, -0.15) is 0 Å². The Kier molecular flexibility index (Phi) is 5.04. The standard InChI is InChI=1S/C23H29N7S/c1-5-30(4)21-15-6-8-23(2,3)10-16(15)17-18-19(31-22(17)29-21)20(28-13-27-18)25-9-7-14-11-24-12-26-14/h11-13H,5-10H2,1-4H3,(H,24,26)(H,25,27,28). The van der Waals surface area contributed by atoms with E-state index in [-0.39, 0.29) is 5.41 Å². The van der Waals surface area contributed by atoms with E-state index < -0.39 is 0 Å². The van der Waals surface area contributed by atoms with Gasteiger partial charge >= 0.3 is 0 Å². The predicted octanol–water partition coefficient (Wildman–Crippen LogP) is 4.59. The molecule has 1 aliphatic rings. The number of pyridine rings is 1. The number of imidazole rings is 1. The summed E-state index contributed by atoms with van der Waals surface area (Å²) in [4.78, 5) is 25.0. The molecule has 0 radical (unpaired) electrons. The van der Waals surface area contributed by atoms with Crippen molar-refractivity contribution in [2.45, 2.75) is 46.5 Å². The van der Waals surface area contributed by atoms with Crippen LogP contribution in [-0.2, 0) is 19.3 Å². The zero-order valence-electron chi connectivity index (χ0n) is 18.6. The Labute approximate surface area is 186 Å². The number of aromatic nitrogens is 5. The van der Waals surface area contributed by atoms with Crippen molar-refractivity contribution in [2.24, 2.45) is 5.41 Å². The maximum absolute atomic E-state index is 5.14. The number of aromatic amines is 1. The fourth-order valence-electron chi connectivity index (χ4n) is 4.51. The molecule has 4 heterocycles. The van der Waals surface area contributed by atoms with Gasteiger partial charge in [0, 0.05) is 43.8 Å². The molecule has 0 fully saturated rings. The topological polar surface area (TPSA) is 82.6 Å². The third-order valence-corrected chi connectivity index (χ3v) is 7.46. The van der Waals surface area contributed by atoms with Crippen LogP contribution in [0.2, 0.25) is 0 Å². The van der Waals surface area contributed by atoms with Gasteiger partial charge in [0.15, 0.2) is 0 Å². The molecule has 0 atom stereocenters. The van der Waals surface area contributed by atoms with Gasteiger partial charge in [-0.25, -0.2) is 19.9 Å². The normalized spacial score (nSPS) is 15.4. The van der Waals surface area contributed by atoms with E-state index in [1.54, 1.807) is 24.0 Å². The number of fused-ring (bicyclic) bond motifs is 5. The van der Waals surface area contributed by atoms with Crippen molar-refractivity contribution in [1.82, 2.24) is 24.9 Å². The highest BCUT2D eigenvalue weighted by Gasteiger charge is 2.31. The minimum atomic E-state index is 0.287. The molecule has 0 amide bonds. The molecule has 5 rings (SSSR count). The molecule has 0 saturated carbocycles. The number of nitrogens with zero attached hydrogens (tertiary/aromatic N) is 5. The van der Waals surface area contributed by atoms with Crippen LogP contribution in [0.3, 0.4) is 0 Å².